The van der Waals surface area contributed by atoms with Crippen molar-refractivity contribution in [1.29, 1.82) is 0 Å². The van der Waals surface area contributed by atoms with E-state index in [2.05, 4.69) is 16.3 Å². The van der Waals surface area contributed by atoms with Gasteiger partial charge in [-0.2, -0.15) is 0 Å². The first-order valence-corrected chi connectivity index (χ1v) is 8.18. The number of nitrogens with zero attached hydrogens (tertiary/aromatic N) is 2. The first kappa shape index (κ1) is 14.8. The van der Waals surface area contributed by atoms with Crippen LogP contribution in [0.15, 0.2) is 48.5 Å². The number of hydrogen-bond donors (Lipinski definition) is 1. The Kier molecular flexibility index (Phi) is 3.49. The normalized spacial score (nSPS) is 20.1. The van der Waals surface area contributed by atoms with Crippen molar-refractivity contribution in [1.82, 2.24) is 5.32 Å². The van der Waals surface area contributed by atoms with E-state index < -0.39 is 0 Å². The molecule has 0 saturated carbocycles. The van der Waals surface area contributed by atoms with E-state index in [0.29, 0.717) is 5.69 Å². The van der Waals surface area contributed by atoms with Crippen molar-refractivity contribution in [3.05, 3.63) is 59.7 Å². The minimum Gasteiger partial charge on any atom is -0.350 e. The number of anilines is 2. The predicted molar refractivity (Wildman–Crippen MR) is 93.1 cm³/mol. The third-order valence-electron chi connectivity index (χ3n) is 4.70. The van der Waals surface area contributed by atoms with Crippen LogP contribution < -0.4 is 15.1 Å². The van der Waals surface area contributed by atoms with Gasteiger partial charge in [0.1, 0.15) is 6.17 Å². The van der Waals surface area contributed by atoms with Gasteiger partial charge in [-0.1, -0.05) is 35.9 Å². The largest absolute Gasteiger partial charge is 0.350 e. The number of imide groups is 1. The number of aryl methyl sites for hydroxylation is 1. The fraction of sp³-hybridized carbons (Fsp3) is 0.263. The zero-order valence-electron chi connectivity index (χ0n) is 13.5. The molecule has 2 aliphatic heterocycles. The molecule has 0 spiro atoms. The smallest absolute Gasteiger partial charge is 0.330 e. The van der Waals surface area contributed by atoms with Gasteiger partial charge in [0, 0.05) is 12.2 Å². The molecule has 1 atom stereocenters. The van der Waals surface area contributed by atoms with Crippen LogP contribution in [-0.2, 0) is 11.2 Å². The lowest BCUT2D eigenvalue weighted by atomic mass is 10.1. The van der Waals surface area contributed by atoms with Crippen molar-refractivity contribution in [3.8, 4) is 0 Å². The summed E-state index contributed by atoms with van der Waals surface area (Å²) in [6, 6.07) is 15.2. The predicted octanol–water partition coefficient (Wildman–Crippen LogP) is 2.83. The molecular weight excluding hydrogens is 302 g/mol. The monoisotopic (exact) mass is 321 g/mol. The molecule has 5 nitrogen and oxygen atoms in total. The number of carbonyl (C=O) groups is 2. The number of benzene rings is 2. The summed E-state index contributed by atoms with van der Waals surface area (Å²) in [5, 5.41) is 2.98. The molecule has 2 heterocycles. The van der Waals surface area contributed by atoms with E-state index in [4.69, 9.17) is 0 Å². The Morgan fingerprint density at radius 1 is 1.04 bits per heavy atom. The zero-order chi connectivity index (χ0) is 16.7. The lowest BCUT2D eigenvalue weighted by molar-refractivity contribution is -0.119. The lowest BCUT2D eigenvalue weighted by Gasteiger charge is -2.37. The quantitative estimate of drug-likeness (QED) is 0.925. The number of rotatable bonds is 2. The molecule has 122 valence electrons. The van der Waals surface area contributed by atoms with E-state index in [-0.39, 0.29) is 24.5 Å². The number of carbonyl (C=O) groups excluding carboxylic acids is 2. The molecule has 1 N–H and O–H groups in total. The highest BCUT2D eigenvalue weighted by Gasteiger charge is 2.37. The minimum absolute atomic E-state index is 0.169. The third kappa shape index (κ3) is 2.42. The average Bonchev–Trinajstić information content (AvgIpc) is 3.00. The number of fused-ring (bicyclic) bond motifs is 1. The zero-order valence-corrected chi connectivity index (χ0v) is 13.5. The van der Waals surface area contributed by atoms with Crippen molar-refractivity contribution in [2.45, 2.75) is 25.9 Å². The SMILES string of the molecule is Cc1ccc(N2C(=O)CC(N3CCc4ccccc43)NC2=O)cc1. The van der Waals surface area contributed by atoms with Crippen LogP contribution in [0.5, 0.6) is 0 Å². The molecule has 0 aromatic heterocycles. The number of hydrogen-bond acceptors (Lipinski definition) is 3. The average molecular weight is 321 g/mol. The Morgan fingerprint density at radius 3 is 2.54 bits per heavy atom. The molecule has 2 aliphatic rings. The van der Waals surface area contributed by atoms with Gasteiger partial charge in [0.25, 0.3) is 0 Å². The van der Waals surface area contributed by atoms with Crippen LogP contribution in [-0.4, -0.2) is 24.6 Å². The van der Waals surface area contributed by atoms with Crippen molar-refractivity contribution < 1.29 is 9.59 Å². The molecule has 24 heavy (non-hydrogen) atoms. The molecule has 0 bridgehead atoms. The van der Waals surface area contributed by atoms with Crippen LogP contribution in [0.3, 0.4) is 0 Å². The molecule has 2 aromatic carbocycles. The van der Waals surface area contributed by atoms with Gasteiger partial charge in [0.15, 0.2) is 0 Å². The molecule has 4 rings (SSSR count). The van der Waals surface area contributed by atoms with E-state index >= 15 is 0 Å². The molecular formula is C19H19N3O2. The molecule has 1 fully saturated rings. The number of amides is 3. The maximum atomic E-state index is 12.6. The highest BCUT2D eigenvalue weighted by molar-refractivity contribution is 6.16. The standard InChI is InChI=1S/C19H19N3O2/c1-13-6-8-15(9-7-13)22-18(23)12-17(20-19(22)24)21-11-10-14-4-2-3-5-16(14)21/h2-9,17H,10-12H2,1H3,(H,20,24). The van der Waals surface area contributed by atoms with E-state index in [1.54, 1.807) is 12.1 Å². The Labute approximate surface area is 140 Å². The topological polar surface area (TPSA) is 52.7 Å². The number of urea groups is 1. The highest BCUT2D eigenvalue weighted by atomic mass is 16.2. The van der Waals surface area contributed by atoms with Crippen molar-refractivity contribution in [2.24, 2.45) is 0 Å². The van der Waals surface area contributed by atoms with Crippen LogP contribution in [0.25, 0.3) is 0 Å². The van der Waals surface area contributed by atoms with Crippen LogP contribution >= 0.6 is 0 Å². The third-order valence-corrected chi connectivity index (χ3v) is 4.70. The second-order valence-electron chi connectivity index (χ2n) is 6.31. The van der Waals surface area contributed by atoms with Gasteiger partial charge in [0.05, 0.1) is 12.1 Å². The summed E-state index contributed by atoms with van der Waals surface area (Å²) in [6.45, 7) is 2.80. The maximum Gasteiger partial charge on any atom is 0.330 e. The molecule has 5 heteroatoms. The van der Waals surface area contributed by atoms with Crippen LogP contribution in [0.1, 0.15) is 17.5 Å². The summed E-state index contributed by atoms with van der Waals surface area (Å²) in [6.07, 6.45) is 0.933. The first-order valence-electron chi connectivity index (χ1n) is 8.18. The fourth-order valence-corrected chi connectivity index (χ4v) is 3.46. The van der Waals surface area contributed by atoms with Crippen LogP contribution in [0, 0.1) is 6.92 Å². The van der Waals surface area contributed by atoms with Gasteiger partial charge < -0.3 is 10.2 Å². The van der Waals surface area contributed by atoms with Gasteiger partial charge in [-0.25, -0.2) is 9.69 Å². The van der Waals surface area contributed by atoms with E-state index in [1.165, 1.54) is 10.5 Å². The number of nitrogens with one attached hydrogen (secondary N) is 1. The molecule has 2 aromatic rings. The van der Waals surface area contributed by atoms with E-state index in [0.717, 1.165) is 24.2 Å². The van der Waals surface area contributed by atoms with Gasteiger partial charge in [-0.15, -0.1) is 0 Å². The summed E-state index contributed by atoms with van der Waals surface area (Å²) in [7, 11) is 0. The molecule has 0 radical (unpaired) electrons. The Bertz CT molecular complexity index is 783. The Balaban J connectivity index is 1.56. The van der Waals surface area contributed by atoms with Crippen LogP contribution in [0.2, 0.25) is 0 Å². The highest BCUT2D eigenvalue weighted by Crippen LogP contribution is 2.31. The van der Waals surface area contributed by atoms with Crippen molar-refractivity contribution in [2.75, 3.05) is 16.3 Å². The fourth-order valence-electron chi connectivity index (χ4n) is 3.46. The first-order chi connectivity index (χ1) is 11.6. The van der Waals surface area contributed by atoms with Crippen molar-refractivity contribution >= 4 is 23.3 Å². The number of para-hydroxylation sites is 1. The van der Waals surface area contributed by atoms with Gasteiger partial charge in [-0.3, -0.25) is 4.79 Å². The summed E-state index contributed by atoms with van der Waals surface area (Å²) < 4.78 is 0. The summed E-state index contributed by atoms with van der Waals surface area (Å²) in [4.78, 5) is 28.5. The molecule has 1 saturated heterocycles. The van der Waals surface area contributed by atoms with Crippen molar-refractivity contribution in [3.63, 3.8) is 0 Å². The Hall–Kier alpha value is -2.82. The molecule has 3 amide bonds. The second kappa shape index (κ2) is 5.67. The summed E-state index contributed by atoms with van der Waals surface area (Å²) >= 11 is 0. The van der Waals surface area contributed by atoms with E-state index in [1.807, 2.05) is 37.3 Å². The Morgan fingerprint density at radius 2 is 1.79 bits per heavy atom. The van der Waals surface area contributed by atoms with Gasteiger partial charge >= 0.3 is 6.03 Å². The van der Waals surface area contributed by atoms with Gasteiger partial charge in [0.2, 0.25) is 5.91 Å². The summed E-state index contributed by atoms with van der Waals surface area (Å²) in [5.41, 5.74) is 4.08. The minimum atomic E-state index is -0.357. The van der Waals surface area contributed by atoms with E-state index in [9.17, 15) is 9.59 Å². The van der Waals surface area contributed by atoms with Crippen LogP contribution in [0.4, 0.5) is 16.2 Å². The van der Waals surface area contributed by atoms with Gasteiger partial charge in [-0.05, 0) is 37.1 Å². The summed E-state index contributed by atoms with van der Waals surface area (Å²) in [5.74, 6) is -0.169. The molecule has 1 unspecified atom stereocenters. The lowest BCUT2D eigenvalue weighted by Crippen LogP contribution is -2.60. The maximum absolute atomic E-state index is 12.6. The second-order valence-corrected chi connectivity index (χ2v) is 6.31. The molecule has 0 aliphatic carbocycles.